The summed E-state index contributed by atoms with van der Waals surface area (Å²) in [5.74, 6) is -2.04. The Morgan fingerprint density at radius 1 is 1.33 bits per heavy atom. The summed E-state index contributed by atoms with van der Waals surface area (Å²) in [6.45, 7) is 0.231. The lowest BCUT2D eigenvalue weighted by molar-refractivity contribution is -0.216. The fraction of sp³-hybridized carbons (Fsp3) is 0.154. The highest BCUT2D eigenvalue weighted by molar-refractivity contribution is 9.10. The zero-order valence-corrected chi connectivity index (χ0v) is 12.5. The number of aromatic nitrogens is 2. The number of nitrogens with zero attached hydrogens (tertiary/aromatic N) is 2. The molecule has 0 spiro atoms. The highest BCUT2D eigenvalue weighted by atomic mass is 79.9. The zero-order valence-electron chi connectivity index (χ0n) is 10.9. The molecule has 0 aliphatic heterocycles. The van der Waals surface area contributed by atoms with Crippen LogP contribution in [-0.4, -0.2) is 33.9 Å². The predicted octanol–water partition coefficient (Wildman–Crippen LogP) is 2.11. The number of carbonyl (C=O) groups is 2. The number of hydrogen-bond donors (Lipinski definition) is 1. The van der Waals surface area contributed by atoms with Gasteiger partial charge in [0.1, 0.15) is 0 Å². The molecule has 0 atom stereocenters. The van der Waals surface area contributed by atoms with Crippen LogP contribution in [0.25, 0.3) is 0 Å². The van der Waals surface area contributed by atoms with Gasteiger partial charge in [-0.25, -0.2) is 9.59 Å². The highest BCUT2D eigenvalue weighted by Gasteiger charge is 2.20. The summed E-state index contributed by atoms with van der Waals surface area (Å²) < 4.78 is 2.17. The van der Waals surface area contributed by atoms with E-state index >= 15 is 0 Å². The third-order valence-corrected chi connectivity index (χ3v) is 3.14. The third kappa shape index (κ3) is 3.67. The van der Waals surface area contributed by atoms with E-state index in [1.165, 1.54) is 11.8 Å². The molecule has 2 rings (SSSR count). The summed E-state index contributed by atoms with van der Waals surface area (Å²) in [6, 6.07) is 8.48. The lowest BCUT2D eigenvalue weighted by Crippen LogP contribution is -2.13. The lowest BCUT2D eigenvalue weighted by atomic mass is 10.2. The van der Waals surface area contributed by atoms with E-state index in [2.05, 4.69) is 30.8 Å². The minimum absolute atomic E-state index is 0.00262. The second-order valence-corrected chi connectivity index (χ2v) is 4.96. The molecule has 0 aliphatic rings. The molecule has 0 unspecified atom stereocenters. The van der Waals surface area contributed by atoms with Crippen LogP contribution < -0.4 is 0 Å². The first-order valence-electron chi connectivity index (χ1n) is 5.82. The molecule has 1 aromatic carbocycles. The van der Waals surface area contributed by atoms with Crippen LogP contribution in [0.1, 0.15) is 26.5 Å². The molecule has 7 nitrogen and oxygen atoms in total. The fourth-order valence-corrected chi connectivity index (χ4v) is 1.95. The fourth-order valence-electron chi connectivity index (χ4n) is 1.69. The number of aromatic carboxylic acids is 1. The van der Waals surface area contributed by atoms with Gasteiger partial charge in [-0.05, 0) is 17.7 Å². The molecule has 0 saturated heterocycles. The normalized spacial score (nSPS) is 10.4. The zero-order chi connectivity index (χ0) is 15.4. The molecular formula is C13H11BrN2O5. The molecule has 0 bridgehead atoms. The van der Waals surface area contributed by atoms with Gasteiger partial charge >= 0.3 is 11.9 Å². The molecule has 1 N–H and O–H groups in total. The number of carbonyl (C=O) groups excluding carboxylic acids is 1. The summed E-state index contributed by atoms with van der Waals surface area (Å²) in [6.07, 6.45) is 0. The van der Waals surface area contributed by atoms with Gasteiger partial charge in [0.15, 0.2) is 11.4 Å². The molecule has 1 heterocycles. The SMILES string of the molecule is COOC(=O)c1cc(C(=O)O)nn1Cc1ccc(Br)cc1. The van der Waals surface area contributed by atoms with Gasteiger partial charge in [0.2, 0.25) is 0 Å². The standard InChI is InChI=1S/C13H11BrN2O5/c1-20-21-13(19)11-6-10(12(17)18)15-16(11)7-8-2-4-9(14)5-3-8/h2-6H,7H2,1H3,(H,17,18). The Kier molecular flexibility index (Phi) is 4.71. The Bertz CT molecular complexity index is 666. The van der Waals surface area contributed by atoms with E-state index in [-0.39, 0.29) is 17.9 Å². The summed E-state index contributed by atoms with van der Waals surface area (Å²) in [7, 11) is 1.19. The molecular weight excluding hydrogens is 344 g/mol. The van der Waals surface area contributed by atoms with Crippen LogP contribution in [0, 0.1) is 0 Å². The van der Waals surface area contributed by atoms with E-state index < -0.39 is 11.9 Å². The van der Waals surface area contributed by atoms with Gasteiger partial charge in [-0.2, -0.15) is 9.99 Å². The van der Waals surface area contributed by atoms with Crippen molar-refractivity contribution in [1.29, 1.82) is 0 Å². The minimum atomic E-state index is -1.23. The first-order chi connectivity index (χ1) is 10.0. The van der Waals surface area contributed by atoms with E-state index in [0.29, 0.717) is 0 Å². The Balaban J connectivity index is 2.34. The Hall–Kier alpha value is -2.19. The molecule has 21 heavy (non-hydrogen) atoms. The second kappa shape index (κ2) is 6.51. The van der Waals surface area contributed by atoms with Crippen molar-refractivity contribution in [1.82, 2.24) is 9.78 Å². The molecule has 8 heteroatoms. The number of rotatable bonds is 5. The van der Waals surface area contributed by atoms with E-state index in [9.17, 15) is 9.59 Å². The molecule has 2 aromatic rings. The Labute approximate surface area is 128 Å². The third-order valence-electron chi connectivity index (χ3n) is 2.61. The number of benzene rings is 1. The van der Waals surface area contributed by atoms with Gasteiger partial charge in [-0.1, -0.05) is 28.1 Å². The van der Waals surface area contributed by atoms with Gasteiger partial charge in [0.25, 0.3) is 0 Å². The van der Waals surface area contributed by atoms with Gasteiger partial charge in [0.05, 0.1) is 13.7 Å². The number of halogens is 1. The topological polar surface area (TPSA) is 90.7 Å². The van der Waals surface area contributed by atoms with Crippen LogP contribution >= 0.6 is 15.9 Å². The van der Waals surface area contributed by atoms with Crippen molar-refractivity contribution >= 4 is 27.9 Å². The van der Waals surface area contributed by atoms with Gasteiger partial charge in [-0.15, -0.1) is 0 Å². The number of carboxylic acid groups (broad SMARTS) is 1. The minimum Gasteiger partial charge on any atom is -0.476 e. The van der Waals surface area contributed by atoms with Crippen LogP contribution in [0.2, 0.25) is 0 Å². The van der Waals surface area contributed by atoms with Crippen LogP contribution in [0.5, 0.6) is 0 Å². The molecule has 110 valence electrons. The van der Waals surface area contributed by atoms with Crippen molar-refractivity contribution in [2.24, 2.45) is 0 Å². The molecule has 0 radical (unpaired) electrons. The molecule has 0 amide bonds. The Morgan fingerprint density at radius 2 is 2.00 bits per heavy atom. The quantitative estimate of drug-likeness (QED) is 0.653. The van der Waals surface area contributed by atoms with E-state index in [1.807, 2.05) is 24.3 Å². The van der Waals surface area contributed by atoms with Crippen molar-refractivity contribution in [2.75, 3.05) is 7.11 Å². The summed E-state index contributed by atoms with van der Waals surface area (Å²) in [4.78, 5) is 31.4. The van der Waals surface area contributed by atoms with Crippen LogP contribution in [0.4, 0.5) is 0 Å². The van der Waals surface area contributed by atoms with Crippen LogP contribution in [0.15, 0.2) is 34.8 Å². The van der Waals surface area contributed by atoms with Crippen molar-refractivity contribution in [3.8, 4) is 0 Å². The van der Waals surface area contributed by atoms with Gasteiger partial charge < -0.3 is 5.11 Å². The number of carboxylic acids is 1. The average Bonchev–Trinajstić information content (AvgIpc) is 2.86. The second-order valence-electron chi connectivity index (χ2n) is 4.04. The Morgan fingerprint density at radius 3 is 2.57 bits per heavy atom. The van der Waals surface area contributed by atoms with Crippen molar-refractivity contribution in [2.45, 2.75) is 6.54 Å². The maximum atomic E-state index is 11.7. The smallest absolute Gasteiger partial charge is 0.390 e. The van der Waals surface area contributed by atoms with E-state index in [1.54, 1.807) is 0 Å². The predicted molar refractivity (Wildman–Crippen MR) is 74.9 cm³/mol. The lowest BCUT2D eigenvalue weighted by Gasteiger charge is -2.06. The van der Waals surface area contributed by atoms with E-state index in [4.69, 9.17) is 5.11 Å². The number of hydrogen-bond acceptors (Lipinski definition) is 5. The highest BCUT2D eigenvalue weighted by Crippen LogP contribution is 2.14. The van der Waals surface area contributed by atoms with E-state index in [0.717, 1.165) is 16.1 Å². The summed E-state index contributed by atoms with van der Waals surface area (Å²) in [5.41, 5.74) is 0.608. The van der Waals surface area contributed by atoms with Crippen LogP contribution in [0.3, 0.4) is 0 Å². The molecule has 0 fully saturated rings. The largest absolute Gasteiger partial charge is 0.476 e. The van der Waals surface area contributed by atoms with Crippen molar-refractivity contribution in [3.63, 3.8) is 0 Å². The monoisotopic (exact) mass is 354 g/mol. The van der Waals surface area contributed by atoms with Gasteiger partial charge in [0, 0.05) is 10.5 Å². The van der Waals surface area contributed by atoms with Gasteiger partial charge in [-0.3, -0.25) is 9.57 Å². The summed E-state index contributed by atoms with van der Waals surface area (Å²) in [5, 5.41) is 12.9. The maximum Gasteiger partial charge on any atom is 0.390 e. The average molecular weight is 355 g/mol. The van der Waals surface area contributed by atoms with Crippen LogP contribution in [-0.2, 0) is 16.3 Å². The first-order valence-corrected chi connectivity index (χ1v) is 6.61. The van der Waals surface area contributed by atoms with Crippen molar-refractivity contribution in [3.05, 3.63) is 51.8 Å². The molecule has 0 saturated carbocycles. The maximum absolute atomic E-state index is 11.7. The first kappa shape index (κ1) is 15.2. The summed E-state index contributed by atoms with van der Waals surface area (Å²) >= 11 is 3.32. The molecule has 1 aromatic heterocycles. The van der Waals surface area contributed by atoms with Crippen molar-refractivity contribution < 1.29 is 24.5 Å². The molecule has 0 aliphatic carbocycles.